The van der Waals surface area contributed by atoms with Crippen molar-refractivity contribution in [3.63, 3.8) is 0 Å². The number of carbonyl (C=O) groups is 1. The van der Waals surface area contributed by atoms with Crippen LogP contribution >= 0.6 is 27.7 Å². The molecular weight excluding hydrogens is 440 g/mol. The van der Waals surface area contributed by atoms with E-state index in [1.165, 1.54) is 18.7 Å². The fourth-order valence-electron chi connectivity index (χ4n) is 3.43. The molecule has 1 aliphatic heterocycles. The van der Waals surface area contributed by atoms with Gasteiger partial charge >= 0.3 is 0 Å². The highest BCUT2D eigenvalue weighted by Crippen LogP contribution is 2.41. The molecule has 0 aliphatic carbocycles. The number of amides is 1. The number of thioether (sulfide) groups is 1. The van der Waals surface area contributed by atoms with Gasteiger partial charge in [-0.1, -0.05) is 63.6 Å². The number of para-hydroxylation sites is 1. The van der Waals surface area contributed by atoms with E-state index in [4.69, 9.17) is 0 Å². The van der Waals surface area contributed by atoms with Crippen LogP contribution in [0.15, 0.2) is 58.2 Å². The summed E-state index contributed by atoms with van der Waals surface area (Å²) in [5, 5.41) is 18.0. The van der Waals surface area contributed by atoms with Gasteiger partial charge in [0.1, 0.15) is 0 Å². The van der Waals surface area contributed by atoms with Crippen molar-refractivity contribution in [1.82, 2.24) is 10.1 Å². The van der Waals surface area contributed by atoms with Crippen LogP contribution in [-0.2, 0) is 4.79 Å². The SMILES string of the molecule is CCSc1nc([O-])c2[n+](n1)C(c1cccc(Br)c1)N(C(C)=O)c1ccccc1-2. The topological polar surface area (TPSA) is 73.0 Å². The Morgan fingerprint density at radius 2 is 2.07 bits per heavy atom. The second-order valence-corrected chi connectivity index (χ2v) is 8.41. The smallest absolute Gasteiger partial charge is 0.293 e. The number of nitrogens with zero attached hydrogens (tertiary/aromatic N) is 4. The first-order valence-corrected chi connectivity index (χ1v) is 10.6. The standard InChI is InChI=1S/C20H17BrN4O2S/c1-3-28-20-22-18(27)17-15-9-4-5-10-16(15)24(12(2)26)19(25(17)23-20)13-7-6-8-14(21)11-13/h4-11,19H,3H2,1-2H3. The molecule has 0 saturated heterocycles. The maximum absolute atomic E-state index is 12.9. The monoisotopic (exact) mass is 456 g/mol. The fourth-order valence-corrected chi connectivity index (χ4v) is 4.40. The Hall–Kier alpha value is -2.45. The molecule has 0 saturated carbocycles. The Balaban J connectivity index is 2.06. The number of fused-ring (bicyclic) bond motifs is 3. The summed E-state index contributed by atoms with van der Waals surface area (Å²) < 4.78 is 2.52. The molecular formula is C20H17BrN4O2S. The molecule has 4 rings (SSSR count). The van der Waals surface area contributed by atoms with E-state index in [1.807, 2.05) is 55.5 Å². The van der Waals surface area contributed by atoms with Crippen LogP contribution in [0.25, 0.3) is 11.3 Å². The molecule has 1 amide bonds. The maximum Gasteiger partial charge on any atom is 0.293 e. The lowest BCUT2D eigenvalue weighted by Crippen LogP contribution is -2.58. The summed E-state index contributed by atoms with van der Waals surface area (Å²) in [7, 11) is 0. The van der Waals surface area contributed by atoms with E-state index in [2.05, 4.69) is 26.0 Å². The number of rotatable bonds is 3. The van der Waals surface area contributed by atoms with Crippen molar-refractivity contribution >= 4 is 39.3 Å². The molecule has 3 aromatic rings. The highest BCUT2D eigenvalue weighted by atomic mass is 79.9. The quantitative estimate of drug-likeness (QED) is 0.446. The van der Waals surface area contributed by atoms with Crippen LogP contribution in [0.5, 0.6) is 5.88 Å². The minimum Gasteiger partial charge on any atom is -0.854 e. The molecule has 1 unspecified atom stereocenters. The van der Waals surface area contributed by atoms with Gasteiger partial charge in [-0.15, -0.1) is 0 Å². The van der Waals surface area contributed by atoms with Gasteiger partial charge in [-0.2, -0.15) is 0 Å². The van der Waals surface area contributed by atoms with E-state index in [9.17, 15) is 9.90 Å². The van der Waals surface area contributed by atoms with Crippen LogP contribution in [-0.4, -0.2) is 21.7 Å². The van der Waals surface area contributed by atoms with Crippen molar-refractivity contribution in [2.45, 2.75) is 25.2 Å². The molecule has 2 heterocycles. The zero-order valence-electron chi connectivity index (χ0n) is 15.3. The summed E-state index contributed by atoms with van der Waals surface area (Å²) in [6, 6.07) is 15.1. The van der Waals surface area contributed by atoms with Crippen molar-refractivity contribution in [3.05, 3.63) is 58.6 Å². The van der Waals surface area contributed by atoms with Gasteiger partial charge in [0.2, 0.25) is 5.91 Å². The van der Waals surface area contributed by atoms with Crippen LogP contribution in [0.2, 0.25) is 0 Å². The third-order valence-electron chi connectivity index (χ3n) is 4.48. The number of benzene rings is 2. The van der Waals surface area contributed by atoms with Gasteiger partial charge in [-0.3, -0.25) is 4.79 Å². The highest BCUT2D eigenvalue weighted by Gasteiger charge is 2.43. The molecule has 142 valence electrons. The van der Waals surface area contributed by atoms with E-state index in [1.54, 1.807) is 9.58 Å². The normalized spacial score (nSPS) is 15.1. The molecule has 8 heteroatoms. The molecule has 0 N–H and O–H groups in total. The van der Waals surface area contributed by atoms with Crippen LogP contribution in [0.4, 0.5) is 5.69 Å². The molecule has 1 aliphatic rings. The van der Waals surface area contributed by atoms with E-state index in [0.717, 1.165) is 15.8 Å². The van der Waals surface area contributed by atoms with Gasteiger partial charge in [0, 0.05) is 22.1 Å². The van der Waals surface area contributed by atoms with Gasteiger partial charge in [0.15, 0.2) is 0 Å². The fraction of sp³-hybridized carbons (Fsp3) is 0.200. The molecule has 2 aromatic carbocycles. The second kappa shape index (κ2) is 7.52. The molecule has 0 radical (unpaired) electrons. The van der Waals surface area contributed by atoms with Crippen molar-refractivity contribution < 1.29 is 14.6 Å². The van der Waals surface area contributed by atoms with E-state index in [0.29, 0.717) is 22.1 Å². The lowest BCUT2D eigenvalue weighted by atomic mass is 10.0. The summed E-state index contributed by atoms with van der Waals surface area (Å²) in [5.41, 5.74) is 2.56. The Morgan fingerprint density at radius 1 is 1.29 bits per heavy atom. The van der Waals surface area contributed by atoms with Gasteiger partial charge < -0.3 is 5.11 Å². The van der Waals surface area contributed by atoms with Gasteiger partial charge in [-0.25, -0.2) is 9.88 Å². The van der Waals surface area contributed by atoms with E-state index in [-0.39, 0.29) is 11.8 Å². The minimum absolute atomic E-state index is 0.133. The van der Waals surface area contributed by atoms with Gasteiger partial charge in [0.25, 0.3) is 17.0 Å². The molecule has 1 aromatic heterocycles. The lowest BCUT2D eigenvalue weighted by Gasteiger charge is -2.32. The number of anilines is 1. The maximum atomic E-state index is 12.9. The van der Waals surface area contributed by atoms with Gasteiger partial charge in [-0.05, 0) is 30.0 Å². The average Bonchev–Trinajstić information content (AvgIpc) is 2.66. The summed E-state index contributed by atoms with van der Waals surface area (Å²) in [5.74, 6) is 0.265. The zero-order valence-corrected chi connectivity index (χ0v) is 17.7. The minimum atomic E-state index is -0.577. The highest BCUT2D eigenvalue weighted by molar-refractivity contribution is 9.10. The predicted octanol–water partition coefficient (Wildman–Crippen LogP) is 3.29. The van der Waals surface area contributed by atoms with Gasteiger partial charge in [0.05, 0.1) is 17.1 Å². The first kappa shape index (κ1) is 18.9. The Morgan fingerprint density at radius 3 is 2.79 bits per heavy atom. The number of hydrogen-bond donors (Lipinski definition) is 0. The Kier molecular flexibility index (Phi) is 5.07. The van der Waals surface area contributed by atoms with Crippen LogP contribution in [0, 0.1) is 0 Å². The summed E-state index contributed by atoms with van der Waals surface area (Å²) in [4.78, 5) is 18.5. The van der Waals surface area contributed by atoms with Crippen molar-refractivity contribution in [2.75, 3.05) is 10.7 Å². The Labute approximate surface area is 175 Å². The van der Waals surface area contributed by atoms with E-state index >= 15 is 0 Å². The lowest BCUT2D eigenvalue weighted by molar-refractivity contribution is -0.764. The van der Waals surface area contributed by atoms with Crippen LogP contribution in [0.3, 0.4) is 0 Å². The number of hydrogen-bond acceptors (Lipinski definition) is 5. The molecule has 6 nitrogen and oxygen atoms in total. The summed E-state index contributed by atoms with van der Waals surface area (Å²) in [6.07, 6.45) is -0.577. The molecule has 1 atom stereocenters. The first-order valence-electron chi connectivity index (χ1n) is 8.79. The predicted molar refractivity (Wildman–Crippen MR) is 109 cm³/mol. The second-order valence-electron chi connectivity index (χ2n) is 6.26. The summed E-state index contributed by atoms with van der Waals surface area (Å²) >= 11 is 4.90. The first-order chi connectivity index (χ1) is 13.5. The van der Waals surface area contributed by atoms with Crippen LogP contribution in [0.1, 0.15) is 25.6 Å². The number of halogens is 1. The molecule has 0 fully saturated rings. The molecule has 28 heavy (non-hydrogen) atoms. The van der Waals surface area contributed by atoms with Crippen LogP contribution < -0.4 is 14.7 Å². The van der Waals surface area contributed by atoms with Crippen molar-refractivity contribution in [3.8, 4) is 17.1 Å². The number of carbonyl (C=O) groups excluding carboxylic acids is 1. The van der Waals surface area contributed by atoms with Crippen molar-refractivity contribution in [2.24, 2.45) is 0 Å². The van der Waals surface area contributed by atoms with Crippen molar-refractivity contribution in [1.29, 1.82) is 0 Å². The third-order valence-corrected chi connectivity index (χ3v) is 5.69. The Bertz CT molecular complexity index is 1080. The zero-order chi connectivity index (χ0) is 19.8. The third kappa shape index (κ3) is 3.16. The number of aromatic nitrogens is 3. The average molecular weight is 457 g/mol. The summed E-state index contributed by atoms with van der Waals surface area (Å²) in [6.45, 7) is 3.50. The molecule has 0 spiro atoms. The largest absolute Gasteiger partial charge is 0.854 e. The molecule has 0 bridgehead atoms. The van der Waals surface area contributed by atoms with E-state index < -0.39 is 6.17 Å².